The molecule has 0 fully saturated rings. The van der Waals surface area contributed by atoms with E-state index in [1.807, 2.05) is 0 Å². The smallest absolute Gasteiger partial charge is 0.335 e. The Morgan fingerprint density at radius 1 is 1.35 bits per heavy atom. The van der Waals surface area contributed by atoms with Crippen LogP contribution >= 0.6 is 0 Å². The number of hydrogen-bond acceptors (Lipinski definition) is 4. The highest BCUT2D eigenvalue weighted by molar-refractivity contribution is 7.88. The maximum Gasteiger partial charge on any atom is 0.335 e. The van der Waals surface area contributed by atoms with E-state index in [0.29, 0.717) is 18.6 Å². The van der Waals surface area contributed by atoms with E-state index in [0.717, 1.165) is 0 Å². The highest BCUT2D eigenvalue weighted by Crippen LogP contribution is 2.09. The van der Waals surface area contributed by atoms with Gasteiger partial charge in [0.2, 0.25) is 10.0 Å². The summed E-state index contributed by atoms with van der Waals surface area (Å²) in [6.45, 7) is 2.25. The van der Waals surface area contributed by atoms with Crippen LogP contribution in [0.4, 0.5) is 0 Å². The molecule has 0 aliphatic rings. The minimum atomic E-state index is -3.45. The van der Waals surface area contributed by atoms with Crippen molar-refractivity contribution in [1.29, 1.82) is 0 Å². The molecule has 0 saturated carbocycles. The number of carbonyl (C=O) groups is 1. The Balaban J connectivity index is 2.64. The normalized spacial score (nSPS) is 13.1. The van der Waals surface area contributed by atoms with Gasteiger partial charge in [0.05, 0.1) is 11.3 Å². The van der Waals surface area contributed by atoms with E-state index in [4.69, 9.17) is 9.84 Å². The molecule has 6 nitrogen and oxygen atoms in total. The zero-order valence-corrected chi connectivity index (χ0v) is 12.3. The summed E-state index contributed by atoms with van der Waals surface area (Å²) in [6.07, 6.45) is 0.591. The van der Waals surface area contributed by atoms with Crippen LogP contribution in [0.3, 0.4) is 0 Å². The van der Waals surface area contributed by atoms with Gasteiger partial charge in [0.1, 0.15) is 0 Å². The SMILES string of the molecule is COCCC(C)NS(=O)(=O)Cc1ccc(C(=O)O)cc1. The number of methoxy groups -OCH3 is 1. The van der Waals surface area contributed by atoms with Gasteiger partial charge >= 0.3 is 5.97 Å². The molecule has 1 unspecified atom stereocenters. The van der Waals surface area contributed by atoms with E-state index in [1.54, 1.807) is 14.0 Å². The first-order valence-corrected chi connectivity index (χ1v) is 7.80. The molecule has 0 saturated heterocycles. The quantitative estimate of drug-likeness (QED) is 0.753. The molecule has 0 heterocycles. The molecule has 1 atom stereocenters. The maximum absolute atomic E-state index is 11.9. The molecule has 0 spiro atoms. The van der Waals surface area contributed by atoms with Crippen LogP contribution in [0.1, 0.15) is 29.3 Å². The highest BCUT2D eigenvalue weighted by Gasteiger charge is 2.15. The Hall–Kier alpha value is -1.44. The summed E-state index contributed by atoms with van der Waals surface area (Å²) in [5.41, 5.74) is 0.675. The van der Waals surface area contributed by atoms with Gasteiger partial charge < -0.3 is 9.84 Å². The van der Waals surface area contributed by atoms with Crippen LogP contribution in [0.15, 0.2) is 24.3 Å². The Labute approximate surface area is 118 Å². The fourth-order valence-electron chi connectivity index (χ4n) is 1.66. The van der Waals surface area contributed by atoms with Crippen LogP contribution < -0.4 is 4.72 Å². The van der Waals surface area contributed by atoms with Gasteiger partial charge in [-0.05, 0) is 31.0 Å². The topological polar surface area (TPSA) is 92.7 Å². The number of hydrogen-bond donors (Lipinski definition) is 2. The van der Waals surface area contributed by atoms with Crippen LogP contribution in [-0.4, -0.2) is 39.3 Å². The second-order valence-electron chi connectivity index (χ2n) is 4.56. The van der Waals surface area contributed by atoms with Crippen LogP contribution in [0.2, 0.25) is 0 Å². The second kappa shape index (κ2) is 7.37. The highest BCUT2D eigenvalue weighted by atomic mass is 32.2. The average Bonchev–Trinajstić information content (AvgIpc) is 2.35. The summed E-state index contributed by atoms with van der Waals surface area (Å²) < 4.78 is 31.3. The molecule has 0 aliphatic heterocycles. The zero-order valence-electron chi connectivity index (χ0n) is 11.5. The fourth-order valence-corrected chi connectivity index (χ4v) is 3.11. The number of sulfonamides is 1. The summed E-state index contributed by atoms with van der Waals surface area (Å²) in [5.74, 6) is -1.21. The lowest BCUT2D eigenvalue weighted by atomic mass is 10.1. The van der Waals surface area contributed by atoms with E-state index < -0.39 is 16.0 Å². The molecule has 7 heteroatoms. The van der Waals surface area contributed by atoms with Gasteiger partial charge in [-0.25, -0.2) is 17.9 Å². The second-order valence-corrected chi connectivity index (χ2v) is 6.32. The van der Waals surface area contributed by atoms with Crippen molar-refractivity contribution < 1.29 is 23.1 Å². The monoisotopic (exact) mass is 301 g/mol. The van der Waals surface area contributed by atoms with E-state index in [1.165, 1.54) is 24.3 Å². The van der Waals surface area contributed by atoms with Crippen molar-refractivity contribution >= 4 is 16.0 Å². The number of nitrogens with one attached hydrogen (secondary N) is 1. The summed E-state index contributed by atoms with van der Waals surface area (Å²) in [5, 5.41) is 8.77. The fraction of sp³-hybridized carbons (Fsp3) is 0.462. The lowest BCUT2D eigenvalue weighted by Crippen LogP contribution is -2.34. The number of ether oxygens (including phenoxy) is 1. The van der Waals surface area contributed by atoms with Crippen molar-refractivity contribution in [2.75, 3.05) is 13.7 Å². The Kier molecular flexibility index (Phi) is 6.12. The molecular weight excluding hydrogens is 282 g/mol. The van der Waals surface area contributed by atoms with E-state index in [-0.39, 0.29) is 17.4 Å². The molecule has 1 rings (SSSR count). The van der Waals surface area contributed by atoms with Crippen molar-refractivity contribution in [2.45, 2.75) is 25.1 Å². The number of aromatic carboxylic acids is 1. The summed E-state index contributed by atoms with van der Waals surface area (Å²) in [4.78, 5) is 10.7. The summed E-state index contributed by atoms with van der Waals surface area (Å²) in [7, 11) is -1.89. The molecule has 0 bridgehead atoms. The minimum Gasteiger partial charge on any atom is -0.478 e. The molecule has 1 aromatic rings. The van der Waals surface area contributed by atoms with E-state index in [2.05, 4.69) is 4.72 Å². The molecule has 0 amide bonds. The lowest BCUT2D eigenvalue weighted by molar-refractivity contribution is 0.0697. The standard InChI is InChI=1S/C13H19NO5S/c1-10(7-8-19-2)14-20(17,18)9-11-3-5-12(6-4-11)13(15)16/h3-6,10,14H,7-9H2,1-2H3,(H,15,16). The third kappa shape index (κ3) is 5.68. The first-order chi connectivity index (χ1) is 9.34. The predicted octanol–water partition coefficient (Wildman–Crippen LogP) is 1.23. The minimum absolute atomic E-state index is 0.132. The van der Waals surface area contributed by atoms with Gasteiger partial charge in [0.25, 0.3) is 0 Å². The van der Waals surface area contributed by atoms with Crippen molar-refractivity contribution in [3.8, 4) is 0 Å². The van der Waals surface area contributed by atoms with Crippen molar-refractivity contribution in [3.05, 3.63) is 35.4 Å². The zero-order chi connectivity index (χ0) is 15.2. The van der Waals surface area contributed by atoms with Gasteiger partial charge in [-0.2, -0.15) is 0 Å². The average molecular weight is 301 g/mol. The molecule has 1 aromatic carbocycles. The molecule has 0 radical (unpaired) electrons. The first-order valence-electron chi connectivity index (χ1n) is 6.15. The van der Waals surface area contributed by atoms with Crippen molar-refractivity contribution in [2.24, 2.45) is 0 Å². The lowest BCUT2D eigenvalue weighted by Gasteiger charge is -2.13. The van der Waals surface area contributed by atoms with Crippen LogP contribution in [0, 0.1) is 0 Å². The summed E-state index contributed by atoms with van der Waals surface area (Å²) >= 11 is 0. The van der Waals surface area contributed by atoms with Crippen LogP contribution in [0.25, 0.3) is 0 Å². The van der Waals surface area contributed by atoms with Crippen molar-refractivity contribution in [1.82, 2.24) is 4.72 Å². The predicted molar refractivity (Wildman–Crippen MR) is 75.1 cm³/mol. The molecule has 0 aromatic heterocycles. The largest absolute Gasteiger partial charge is 0.478 e. The van der Waals surface area contributed by atoms with Gasteiger partial charge in [-0.3, -0.25) is 0 Å². The Morgan fingerprint density at radius 2 is 1.95 bits per heavy atom. The van der Waals surface area contributed by atoms with E-state index >= 15 is 0 Å². The molecular formula is C13H19NO5S. The number of rotatable bonds is 8. The molecule has 0 aliphatic carbocycles. The number of benzene rings is 1. The third-order valence-corrected chi connectivity index (χ3v) is 4.17. The van der Waals surface area contributed by atoms with E-state index in [9.17, 15) is 13.2 Å². The Bertz CT molecular complexity index is 538. The van der Waals surface area contributed by atoms with Gasteiger partial charge in [-0.1, -0.05) is 12.1 Å². The van der Waals surface area contributed by atoms with Gasteiger partial charge in [0, 0.05) is 19.8 Å². The van der Waals surface area contributed by atoms with Crippen molar-refractivity contribution in [3.63, 3.8) is 0 Å². The van der Waals surface area contributed by atoms with Crippen LogP contribution in [-0.2, 0) is 20.5 Å². The Morgan fingerprint density at radius 3 is 2.45 bits per heavy atom. The van der Waals surface area contributed by atoms with Gasteiger partial charge in [-0.15, -0.1) is 0 Å². The van der Waals surface area contributed by atoms with Gasteiger partial charge in [0.15, 0.2) is 0 Å². The maximum atomic E-state index is 11.9. The summed E-state index contributed by atoms with van der Waals surface area (Å²) in [6, 6.07) is 5.58. The number of carboxylic acids is 1. The third-order valence-electron chi connectivity index (χ3n) is 2.69. The molecule has 2 N–H and O–H groups in total. The first kappa shape index (κ1) is 16.6. The van der Waals surface area contributed by atoms with Crippen LogP contribution in [0.5, 0.6) is 0 Å². The molecule has 112 valence electrons. The number of carboxylic acid groups (broad SMARTS) is 1. The molecule has 20 heavy (non-hydrogen) atoms.